The molecule has 0 saturated heterocycles. The van der Waals surface area contributed by atoms with Crippen LogP contribution in [0.4, 0.5) is 5.69 Å². The summed E-state index contributed by atoms with van der Waals surface area (Å²) in [6.45, 7) is 2.96. The number of rotatable bonds is 5. The van der Waals surface area contributed by atoms with Crippen LogP contribution in [0.3, 0.4) is 0 Å². The highest BCUT2D eigenvalue weighted by Gasteiger charge is 2.05. The lowest BCUT2D eigenvalue weighted by molar-refractivity contribution is 0.195. The molecule has 1 aromatic rings. The van der Waals surface area contributed by atoms with Crippen LogP contribution in [0.1, 0.15) is 13.3 Å². The molecule has 0 fully saturated rings. The molecule has 2 nitrogen and oxygen atoms in total. The van der Waals surface area contributed by atoms with Gasteiger partial charge in [-0.3, -0.25) is 0 Å². The van der Waals surface area contributed by atoms with E-state index in [4.69, 9.17) is 22.1 Å². The largest absolute Gasteiger partial charge is 0.398 e. The number of ether oxygens (including phenoxy) is 1. The molecule has 0 aliphatic rings. The molecule has 15 heavy (non-hydrogen) atoms. The van der Waals surface area contributed by atoms with E-state index in [0.717, 1.165) is 17.9 Å². The van der Waals surface area contributed by atoms with Crippen LogP contribution in [0.5, 0.6) is 0 Å². The molecular weight excluding hydrogens is 230 g/mol. The Morgan fingerprint density at radius 1 is 1.53 bits per heavy atom. The summed E-state index contributed by atoms with van der Waals surface area (Å²) in [6.07, 6.45) is 1.03. The van der Waals surface area contributed by atoms with Crippen molar-refractivity contribution in [2.24, 2.45) is 0 Å². The Morgan fingerprint density at radius 3 is 2.87 bits per heavy atom. The third-order valence-corrected chi connectivity index (χ3v) is 3.53. The van der Waals surface area contributed by atoms with Crippen molar-refractivity contribution in [3.05, 3.63) is 23.2 Å². The third kappa shape index (κ3) is 4.33. The zero-order valence-corrected chi connectivity index (χ0v) is 10.6. The molecule has 0 radical (unpaired) electrons. The highest BCUT2D eigenvalue weighted by atomic mass is 35.5. The second-order valence-electron chi connectivity index (χ2n) is 3.39. The lowest BCUT2D eigenvalue weighted by Crippen LogP contribution is -2.01. The first-order chi connectivity index (χ1) is 7.13. The van der Waals surface area contributed by atoms with Gasteiger partial charge >= 0.3 is 0 Å². The van der Waals surface area contributed by atoms with E-state index in [1.807, 2.05) is 18.2 Å². The molecule has 1 unspecified atom stereocenters. The number of benzene rings is 1. The van der Waals surface area contributed by atoms with Crippen LogP contribution in [0, 0.1) is 0 Å². The lowest BCUT2D eigenvalue weighted by atomic mass is 10.3. The Hall–Kier alpha value is -0.380. The average Bonchev–Trinajstić information content (AvgIpc) is 2.20. The van der Waals surface area contributed by atoms with Crippen molar-refractivity contribution in [1.29, 1.82) is 0 Å². The average molecular weight is 246 g/mol. The van der Waals surface area contributed by atoms with Crippen molar-refractivity contribution < 1.29 is 4.74 Å². The minimum absolute atomic E-state index is 0.518. The van der Waals surface area contributed by atoms with Crippen molar-refractivity contribution in [2.45, 2.75) is 23.5 Å². The Morgan fingerprint density at radius 2 is 2.27 bits per heavy atom. The van der Waals surface area contributed by atoms with Crippen LogP contribution in [-0.2, 0) is 4.74 Å². The fourth-order valence-electron chi connectivity index (χ4n) is 1.16. The van der Waals surface area contributed by atoms with E-state index in [9.17, 15) is 0 Å². The number of halogens is 1. The van der Waals surface area contributed by atoms with Gasteiger partial charge in [0.05, 0.1) is 10.7 Å². The smallest absolute Gasteiger partial charge is 0.0646 e. The van der Waals surface area contributed by atoms with Crippen molar-refractivity contribution in [3.8, 4) is 0 Å². The second-order valence-corrected chi connectivity index (χ2v) is 5.31. The van der Waals surface area contributed by atoms with Crippen molar-refractivity contribution in [1.82, 2.24) is 0 Å². The Kier molecular flexibility index (Phi) is 5.29. The van der Waals surface area contributed by atoms with Crippen LogP contribution in [-0.4, -0.2) is 19.0 Å². The molecule has 1 atom stereocenters. The van der Waals surface area contributed by atoms with E-state index in [2.05, 4.69) is 6.92 Å². The van der Waals surface area contributed by atoms with Crippen LogP contribution in [0.2, 0.25) is 5.02 Å². The number of nitrogens with two attached hydrogens (primary N) is 1. The third-order valence-electron chi connectivity index (χ3n) is 2.04. The van der Waals surface area contributed by atoms with E-state index < -0.39 is 0 Å². The summed E-state index contributed by atoms with van der Waals surface area (Å²) in [7, 11) is 1.72. The summed E-state index contributed by atoms with van der Waals surface area (Å²) in [4.78, 5) is 1.15. The van der Waals surface area contributed by atoms with Crippen molar-refractivity contribution in [2.75, 3.05) is 19.5 Å². The van der Waals surface area contributed by atoms with Gasteiger partial charge < -0.3 is 10.5 Å². The molecule has 2 N–H and O–H groups in total. The number of hydrogen-bond acceptors (Lipinski definition) is 3. The monoisotopic (exact) mass is 245 g/mol. The maximum absolute atomic E-state index is 5.94. The van der Waals surface area contributed by atoms with Gasteiger partial charge in [-0.1, -0.05) is 18.5 Å². The van der Waals surface area contributed by atoms with E-state index in [1.165, 1.54) is 0 Å². The predicted molar refractivity (Wildman–Crippen MR) is 67.7 cm³/mol. The maximum Gasteiger partial charge on any atom is 0.0646 e. The number of methoxy groups -OCH3 is 1. The molecule has 4 heteroatoms. The summed E-state index contributed by atoms with van der Waals surface area (Å²) in [5, 5.41) is 1.14. The Bertz CT molecular complexity index is 319. The minimum atomic E-state index is 0.518. The SMILES string of the molecule is COCCC(C)Sc1ccc(N)c(Cl)c1. The van der Waals surface area contributed by atoms with Gasteiger partial charge in [-0.05, 0) is 24.6 Å². The molecule has 0 bridgehead atoms. The zero-order chi connectivity index (χ0) is 11.3. The highest BCUT2D eigenvalue weighted by molar-refractivity contribution is 7.99. The molecule has 0 spiro atoms. The topological polar surface area (TPSA) is 35.2 Å². The van der Waals surface area contributed by atoms with Gasteiger partial charge in [0.2, 0.25) is 0 Å². The first kappa shape index (κ1) is 12.7. The summed E-state index contributed by atoms with van der Waals surface area (Å²) in [6, 6.07) is 5.74. The number of nitrogen functional groups attached to an aromatic ring is 1. The minimum Gasteiger partial charge on any atom is -0.398 e. The molecule has 1 aromatic carbocycles. The van der Waals surface area contributed by atoms with Crippen molar-refractivity contribution >= 4 is 29.1 Å². The molecule has 0 saturated carbocycles. The van der Waals surface area contributed by atoms with Gasteiger partial charge in [0, 0.05) is 23.9 Å². The molecule has 0 heterocycles. The lowest BCUT2D eigenvalue weighted by Gasteiger charge is -2.11. The van der Waals surface area contributed by atoms with Gasteiger partial charge in [-0.15, -0.1) is 11.8 Å². The van der Waals surface area contributed by atoms with Crippen LogP contribution in [0.15, 0.2) is 23.1 Å². The zero-order valence-electron chi connectivity index (χ0n) is 9.00. The molecular formula is C11H16ClNOS. The molecule has 0 aliphatic heterocycles. The maximum atomic E-state index is 5.94. The molecule has 0 aliphatic carbocycles. The van der Waals surface area contributed by atoms with Gasteiger partial charge in [0.15, 0.2) is 0 Å². The Balaban J connectivity index is 2.53. The number of anilines is 1. The van der Waals surface area contributed by atoms with Crippen molar-refractivity contribution in [3.63, 3.8) is 0 Å². The number of hydrogen-bond donors (Lipinski definition) is 1. The van der Waals surface area contributed by atoms with Crippen LogP contribution in [0.25, 0.3) is 0 Å². The molecule has 0 amide bonds. The number of thioether (sulfide) groups is 1. The summed E-state index contributed by atoms with van der Waals surface area (Å²) in [5.41, 5.74) is 6.27. The molecule has 84 valence electrons. The fraction of sp³-hybridized carbons (Fsp3) is 0.455. The Labute approximate surface area is 100 Å². The van der Waals surface area contributed by atoms with Crippen LogP contribution >= 0.6 is 23.4 Å². The van der Waals surface area contributed by atoms with E-state index >= 15 is 0 Å². The summed E-state index contributed by atoms with van der Waals surface area (Å²) < 4.78 is 5.03. The molecule has 1 rings (SSSR count). The first-order valence-electron chi connectivity index (χ1n) is 4.84. The van der Waals surface area contributed by atoms with Gasteiger partial charge in [-0.25, -0.2) is 0 Å². The van der Waals surface area contributed by atoms with Gasteiger partial charge in [0.25, 0.3) is 0 Å². The summed E-state index contributed by atoms with van der Waals surface area (Å²) in [5.74, 6) is 0. The van der Waals surface area contributed by atoms with Crippen LogP contribution < -0.4 is 5.73 Å². The van der Waals surface area contributed by atoms with Gasteiger partial charge in [0.1, 0.15) is 0 Å². The normalized spacial score (nSPS) is 12.7. The van der Waals surface area contributed by atoms with E-state index in [1.54, 1.807) is 18.9 Å². The predicted octanol–water partition coefficient (Wildman–Crippen LogP) is 3.44. The first-order valence-corrected chi connectivity index (χ1v) is 6.10. The highest BCUT2D eigenvalue weighted by Crippen LogP contribution is 2.29. The van der Waals surface area contributed by atoms with E-state index in [-0.39, 0.29) is 0 Å². The quantitative estimate of drug-likeness (QED) is 0.638. The summed E-state index contributed by atoms with van der Waals surface area (Å²) >= 11 is 7.72. The van der Waals surface area contributed by atoms with E-state index in [0.29, 0.717) is 16.0 Å². The fourth-order valence-corrected chi connectivity index (χ4v) is 2.41. The standard InChI is InChI=1S/C11H16ClNOS/c1-8(5-6-14-2)15-9-3-4-11(13)10(12)7-9/h3-4,7-8H,5-6,13H2,1-2H3. The second kappa shape index (κ2) is 6.26. The van der Waals surface area contributed by atoms with Gasteiger partial charge in [-0.2, -0.15) is 0 Å². The molecule has 0 aromatic heterocycles.